The number of nitrogens with zero attached hydrogens (tertiary/aromatic N) is 2. The first-order valence-corrected chi connectivity index (χ1v) is 7.93. The molecular formula is C18H16ClFN2O. The summed E-state index contributed by atoms with van der Waals surface area (Å²) in [5.41, 5.74) is 2.35. The molecule has 4 rings (SSSR count). The maximum Gasteiger partial charge on any atom is 0.192 e. The molecule has 3 nitrogen and oxygen atoms in total. The molecule has 2 aliphatic rings. The zero-order valence-corrected chi connectivity index (χ0v) is 13.6. The van der Waals surface area contributed by atoms with E-state index in [1.807, 2.05) is 37.1 Å². The Labute approximate surface area is 139 Å². The van der Waals surface area contributed by atoms with Crippen molar-refractivity contribution in [2.45, 2.75) is 32.0 Å². The Bertz CT molecular complexity index is 801. The van der Waals surface area contributed by atoms with Gasteiger partial charge in [0.2, 0.25) is 0 Å². The van der Waals surface area contributed by atoms with Crippen molar-refractivity contribution in [2.24, 2.45) is 5.10 Å². The van der Waals surface area contributed by atoms with Gasteiger partial charge in [0, 0.05) is 17.0 Å². The second kappa shape index (κ2) is 4.96. The Morgan fingerprint density at radius 2 is 1.96 bits per heavy atom. The van der Waals surface area contributed by atoms with E-state index in [0.717, 1.165) is 29.0 Å². The van der Waals surface area contributed by atoms with Gasteiger partial charge in [-0.3, -0.25) is 0 Å². The van der Waals surface area contributed by atoms with Crippen LogP contribution in [0.1, 0.15) is 37.4 Å². The second-order valence-corrected chi connectivity index (χ2v) is 6.79. The summed E-state index contributed by atoms with van der Waals surface area (Å²) >= 11 is 6.16. The number of ether oxygens (including phenoxy) is 1. The fourth-order valence-corrected chi connectivity index (χ4v) is 3.43. The lowest BCUT2D eigenvalue weighted by Crippen LogP contribution is -2.48. The van der Waals surface area contributed by atoms with Gasteiger partial charge in [-0.2, -0.15) is 5.10 Å². The van der Waals surface area contributed by atoms with Crippen LogP contribution < -0.4 is 4.74 Å². The van der Waals surface area contributed by atoms with Crippen molar-refractivity contribution in [3.8, 4) is 5.75 Å². The van der Waals surface area contributed by atoms with Gasteiger partial charge in [0.05, 0.1) is 11.8 Å². The van der Waals surface area contributed by atoms with Crippen LogP contribution in [0.25, 0.3) is 0 Å². The van der Waals surface area contributed by atoms with Crippen molar-refractivity contribution in [1.82, 2.24) is 5.01 Å². The van der Waals surface area contributed by atoms with Gasteiger partial charge in [-0.15, -0.1) is 0 Å². The summed E-state index contributed by atoms with van der Waals surface area (Å²) in [5.74, 6) is 0.599. The third-order valence-electron chi connectivity index (χ3n) is 4.33. The van der Waals surface area contributed by atoms with E-state index in [1.54, 1.807) is 12.1 Å². The van der Waals surface area contributed by atoms with Gasteiger partial charge in [0.25, 0.3) is 0 Å². The van der Waals surface area contributed by atoms with Gasteiger partial charge in [0.1, 0.15) is 11.6 Å². The van der Waals surface area contributed by atoms with Gasteiger partial charge in [-0.05, 0) is 49.7 Å². The first kappa shape index (κ1) is 14.5. The molecule has 2 aromatic carbocycles. The van der Waals surface area contributed by atoms with Crippen molar-refractivity contribution in [3.05, 3.63) is 64.4 Å². The minimum absolute atomic E-state index is 0.0764. The number of hydrogen-bond acceptors (Lipinski definition) is 3. The van der Waals surface area contributed by atoms with E-state index in [-0.39, 0.29) is 11.9 Å². The molecule has 0 amide bonds. The lowest BCUT2D eigenvalue weighted by molar-refractivity contribution is -0.0911. The topological polar surface area (TPSA) is 24.8 Å². The van der Waals surface area contributed by atoms with Crippen LogP contribution in [0.15, 0.2) is 47.6 Å². The SMILES string of the molecule is CC1(C)Oc2ccc(Cl)cc2[C@@H]2CC(c3ccc(F)cc3)=NN21. The normalized spacial score (nSPS) is 21.3. The quantitative estimate of drug-likeness (QED) is 0.753. The van der Waals surface area contributed by atoms with Crippen LogP contribution in [-0.2, 0) is 0 Å². The molecule has 2 aromatic rings. The molecule has 118 valence electrons. The highest BCUT2D eigenvalue weighted by atomic mass is 35.5. The summed E-state index contributed by atoms with van der Waals surface area (Å²) in [4.78, 5) is 0. The number of halogens is 2. The molecule has 0 N–H and O–H groups in total. The van der Waals surface area contributed by atoms with E-state index in [0.29, 0.717) is 5.02 Å². The maximum atomic E-state index is 13.1. The zero-order valence-electron chi connectivity index (χ0n) is 12.9. The van der Waals surface area contributed by atoms with Gasteiger partial charge in [-0.1, -0.05) is 23.7 Å². The molecule has 0 saturated heterocycles. The van der Waals surface area contributed by atoms with Crippen molar-refractivity contribution in [1.29, 1.82) is 0 Å². The Hall–Kier alpha value is -2.07. The van der Waals surface area contributed by atoms with Crippen molar-refractivity contribution in [3.63, 3.8) is 0 Å². The van der Waals surface area contributed by atoms with Crippen LogP contribution in [0.2, 0.25) is 5.02 Å². The molecule has 0 aliphatic carbocycles. The highest BCUT2D eigenvalue weighted by molar-refractivity contribution is 6.30. The van der Waals surface area contributed by atoms with Crippen LogP contribution in [0.5, 0.6) is 5.75 Å². The molecule has 0 unspecified atom stereocenters. The van der Waals surface area contributed by atoms with Crippen LogP contribution in [-0.4, -0.2) is 16.4 Å². The molecule has 0 spiro atoms. The lowest BCUT2D eigenvalue weighted by atomic mass is 9.95. The molecule has 0 radical (unpaired) electrons. The number of hydrogen-bond donors (Lipinski definition) is 0. The predicted octanol–water partition coefficient (Wildman–Crippen LogP) is 4.76. The monoisotopic (exact) mass is 330 g/mol. The van der Waals surface area contributed by atoms with Gasteiger partial charge >= 0.3 is 0 Å². The minimum atomic E-state index is -0.548. The lowest BCUT2D eigenvalue weighted by Gasteiger charge is -2.43. The smallest absolute Gasteiger partial charge is 0.192 e. The molecule has 1 atom stereocenters. The van der Waals surface area contributed by atoms with Crippen molar-refractivity contribution >= 4 is 17.3 Å². The molecule has 23 heavy (non-hydrogen) atoms. The number of rotatable bonds is 1. The third-order valence-corrected chi connectivity index (χ3v) is 4.57. The average Bonchev–Trinajstić information content (AvgIpc) is 2.95. The van der Waals surface area contributed by atoms with Gasteiger partial charge in [0.15, 0.2) is 5.72 Å². The molecule has 0 fully saturated rings. The number of fused-ring (bicyclic) bond motifs is 3. The minimum Gasteiger partial charge on any atom is -0.467 e. The molecule has 2 heterocycles. The zero-order chi connectivity index (χ0) is 16.2. The summed E-state index contributed by atoms with van der Waals surface area (Å²) in [6.07, 6.45) is 0.742. The summed E-state index contributed by atoms with van der Waals surface area (Å²) in [6, 6.07) is 12.2. The fourth-order valence-electron chi connectivity index (χ4n) is 3.25. The number of benzene rings is 2. The molecular weight excluding hydrogens is 315 g/mol. The molecule has 0 aromatic heterocycles. The van der Waals surface area contributed by atoms with E-state index in [2.05, 4.69) is 0 Å². The fraction of sp³-hybridized carbons (Fsp3) is 0.278. The average molecular weight is 331 g/mol. The van der Waals surface area contributed by atoms with Gasteiger partial charge < -0.3 is 4.74 Å². The van der Waals surface area contributed by atoms with E-state index < -0.39 is 5.72 Å². The highest BCUT2D eigenvalue weighted by Crippen LogP contribution is 2.47. The van der Waals surface area contributed by atoms with E-state index in [9.17, 15) is 4.39 Å². The van der Waals surface area contributed by atoms with Crippen molar-refractivity contribution < 1.29 is 9.13 Å². The molecule has 0 saturated carbocycles. The Morgan fingerprint density at radius 1 is 1.22 bits per heavy atom. The Morgan fingerprint density at radius 3 is 2.70 bits per heavy atom. The maximum absolute atomic E-state index is 13.1. The van der Waals surface area contributed by atoms with Crippen LogP contribution in [0.3, 0.4) is 0 Å². The van der Waals surface area contributed by atoms with E-state index >= 15 is 0 Å². The summed E-state index contributed by atoms with van der Waals surface area (Å²) in [5, 5.41) is 7.41. The molecule has 2 aliphatic heterocycles. The Balaban J connectivity index is 1.77. The Kier molecular flexibility index (Phi) is 3.13. The third kappa shape index (κ3) is 2.38. The molecule has 5 heteroatoms. The largest absolute Gasteiger partial charge is 0.467 e. The van der Waals surface area contributed by atoms with E-state index in [4.69, 9.17) is 21.4 Å². The first-order valence-electron chi connectivity index (χ1n) is 7.55. The predicted molar refractivity (Wildman–Crippen MR) is 88.3 cm³/mol. The van der Waals surface area contributed by atoms with E-state index in [1.165, 1.54) is 12.1 Å². The van der Waals surface area contributed by atoms with Crippen LogP contribution in [0, 0.1) is 5.82 Å². The first-order chi connectivity index (χ1) is 10.9. The van der Waals surface area contributed by atoms with Gasteiger partial charge in [-0.25, -0.2) is 9.40 Å². The standard InChI is InChI=1S/C18H16ClFN2O/c1-18(2)22-16(14-9-12(19)5-8-17(14)23-18)10-15(21-22)11-3-6-13(20)7-4-11/h3-9,16H,10H2,1-2H3/t16-/m0/s1. The summed E-state index contributed by atoms with van der Waals surface area (Å²) in [6.45, 7) is 3.99. The summed E-state index contributed by atoms with van der Waals surface area (Å²) < 4.78 is 19.2. The van der Waals surface area contributed by atoms with Crippen LogP contribution >= 0.6 is 11.6 Å². The summed E-state index contributed by atoms with van der Waals surface area (Å²) in [7, 11) is 0. The van der Waals surface area contributed by atoms with Crippen molar-refractivity contribution in [2.75, 3.05) is 0 Å². The van der Waals surface area contributed by atoms with Crippen LogP contribution in [0.4, 0.5) is 4.39 Å². The highest BCUT2D eigenvalue weighted by Gasteiger charge is 2.44. The number of hydrazone groups is 1. The second-order valence-electron chi connectivity index (χ2n) is 6.35. The molecule has 0 bridgehead atoms.